The summed E-state index contributed by atoms with van der Waals surface area (Å²) in [6, 6.07) is 0. The minimum Gasteiger partial charge on any atom is -0.390 e. The summed E-state index contributed by atoms with van der Waals surface area (Å²) in [5.41, 5.74) is 6.14. The zero-order valence-electron chi connectivity index (χ0n) is 20.0. The highest BCUT2D eigenvalue weighted by molar-refractivity contribution is 5.95. The Bertz CT molecular complexity index is 1020. The lowest BCUT2D eigenvalue weighted by atomic mass is 9.48. The molecule has 0 unspecified atom stereocenters. The van der Waals surface area contributed by atoms with Gasteiger partial charge in [-0.1, -0.05) is 19.4 Å². The second kappa shape index (κ2) is 6.97. The van der Waals surface area contributed by atoms with Crippen LogP contribution in [0.1, 0.15) is 81.5 Å². The molecule has 0 aliphatic heterocycles. The Morgan fingerprint density at radius 1 is 1.19 bits per heavy atom. The molecule has 0 bridgehead atoms. The first-order valence-corrected chi connectivity index (χ1v) is 12.2. The van der Waals surface area contributed by atoms with Crippen LogP contribution in [0, 0.1) is 24.2 Å². The fraction of sp³-hybridized carbons (Fsp3) is 0.704. The summed E-state index contributed by atoms with van der Waals surface area (Å²) >= 11 is 0. The maximum Gasteiger partial charge on any atom is 0.159 e. The van der Waals surface area contributed by atoms with Crippen molar-refractivity contribution in [2.24, 2.45) is 17.3 Å². The molecule has 1 saturated carbocycles. The van der Waals surface area contributed by atoms with Gasteiger partial charge in [0.2, 0.25) is 0 Å². The Balaban J connectivity index is 1.63. The van der Waals surface area contributed by atoms with Crippen molar-refractivity contribution in [1.82, 2.24) is 4.98 Å². The van der Waals surface area contributed by atoms with Gasteiger partial charge >= 0.3 is 0 Å². The molecular weight excluding hydrogens is 402 g/mol. The number of aliphatic hydroxyl groups excluding tert-OH is 2. The molecule has 5 heteroatoms. The third-order valence-corrected chi connectivity index (χ3v) is 9.36. The Morgan fingerprint density at radius 3 is 2.59 bits per heavy atom. The van der Waals surface area contributed by atoms with Crippen molar-refractivity contribution in [2.45, 2.75) is 103 Å². The zero-order chi connectivity index (χ0) is 23.2. The minimum absolute atomic E-state index is 0.120. The van der Waals surface area contributed by atoms with Gasteiger partial charge in [-0.05, 0) is 99.8 Å². The second-order valence-corrected chi connectivity index (χ2v) is 12.0. The fourth-order valence-electron chi connectivity index (χ4n) is 7.42. The summed E-state index contributed by atoms with van der Waals surface area (Å²) in [7, 11) is 0. The van der Waals surface area contributed by atoms with E-state index in [1.165, 1.54) is 22.3 Å². The highest BCUT2D eigenvalue weighted by atomic mass is 16.3. The molecule has 1 aromatic heterocycles. The molecule has 3 N–H and O–H groups in total. The normalized spacial score (nSPS) is 38.1. The van der Waals surface area contributed by atoms with Gasteiger partial charge in [-0.2, -0.15) is 0 Å². The molecule has 5 rings (SSSR count). The van der Waals surface area contributed by atoms with Gasteiger partial charge < -0.3 is 15.3 Å². The molecule has 5 nitrogen and oxygen atoms in total. The summed E-state index contributed by atoms with van der Waals surface area (Å²) in [6.45, 7) is 10.3. The van der Waals surface area contributed by atoms with E-state index in [2.05, 4.69) is 20.8 Å². The summed E-state index contributed by atoms with van der Waals surface area (Å²) in [4.78, 5) is 18.5. The Kier molecular flexibility index (Phi) is 4.85. The minimum atomic E-state index is -0.828. The van der Waals surface area contributed by atoms with Gasteiger partial charge in [0.05, 0.1) is 17.8 Å². The van der Waals surface area contributed by atoms with Crippen molar-refractivity contribution in [3.8, 4) is 0 Å². The monoisotopic (exact) mass is 439 g/mol. The van der Waals surface area contributed by atoms with Crippen molar-refractivity contribution >= 4 is 5.78 Å². The van der Waals surface area contributed by atoms with Crippen LogP contribution >= 0.6 is 0 Å². The van der Waals surface area contributed by atoms with Crippen LogP contribution in [0.5, 0.6) is 0 Å². The van der Waals surface area contributed by atoms with Crippen LogP contribution in [-0.2, 0) is 29.5 Å². The van der Waals surface area contributed by atoms with Crippen molar-refractivity contribution in [3.05, 3.63) is 39.7 Å². The number of carbonyl (C=O) groups excluding carboxylic acids is 1. The highest BCUT2D eigenvalue weighted by Gasteiger charge is 2.59. The highest BCUT2D eigenvalue weighted by Crippen LogP contribution is 2.62. The van der Waals surface area contributed by atoms with Crippen LogP contribution in [0.15, 0.2) is 11.6 Å². The lowest BCUT2D eigenvalue weighted by Crippen LogP contribution is -2.56. The first kappa shape index (κ1) is 22.2. The number of fused-ring (bicyclic) bond motifs is 4. The molecule has 0 saturated heterocycles. The van der Waals surface area contributed by atoms with E-state index in [-0.39, 0.29) is 28.4 Å². The molecule has 1 fully saturated rings. The van der Waals surface area contributed by atoms with Crippen molar-refractivity contribution in [1.29, 1.82) is 0 Å². The maximum atomic E-state index is 13.3. The predicted octanol–water partition coefficient (Wildman–Crippen LogP) is 3.12. The second-order valence-electron chi connectivity index (χ2n) is 12.0. The molecule has 6 atom stereocenters. The van der Waals surface area contributed by atoms with Gasteiger partial charge in [-0.3, -0.25) is 9.78 Å². The number of nitrogens with zero attached hydrogens (tertiary/aromatic N) is 1. The molecule has 4 aliphatic carbocycles. The van der Waals surface area contributed by atoms with Crippen LogP contribution in [0.3, 0.4) is 0 Å². The maximum absolute atomic E-state index is 13.3. The van der Waals surface area contributed by atoms with Crippen LogP contribution in [0.2, 0.25) is 0 Å². The van der Waals surface area contributed by atoms with E-state index in [1.54, 1.807) is 0 Å². The topological polar surface area (TPSA) is 90.7 Å². The number of aliphatic hydroxyl groups is 3. The lowest BCUT2D eigenvalue weighted by molar-refractivity contribution is -0.140. The number of aromatic nitrogens is 1. The Labute approximate surface area is 191 Å². The smallest absolute Gasteiger partial charge is 0.159 e. The summed E-state index contributed by atoms with van der Waals surface area (Å²) < 4.78 is 0. The standard InChI is InChI=1S/C27H37NO4/c1-14-15-6-9-26(4)17-11-21(29)18-12-22(30)23(31)13-27(18,5)16(17)10-20(24(15)26)28-19(14)7-8-25(2,3)32/h11,16,18,22-23,30-32H,6-10,12-13H2,1-5H3/t16-,18+,22-,23+,26-,27-/m1/s1. The molecule has 0 spiro atoms. The number of rotatable bonds is 3. The summed E-state index contributed by atoms with van der Waals surface area (Å²) in [6.07, 6.45) is 5.24. The number of ketones is 1. The van der Waals surface area contributed by atoms with E-state index in [0.29, 0.717) is 19.3 Å². The van der Waals surface area contributed by atoms with Crippen molar-refractivity contribution < 1.29 is 20.1 Å². The average Bonchev–Trinajstić information content (AvgIpc) is 3.06. The van der Waals surface area contributed by atoms with Gasteiger partial charge in [0.15, 0.2) is 5.78 Å². The van der Waals surface area contributed by atoms with E-state index in [9.17, 15) is 20.1 Å². The average molecular weight is 440 g/mol. The van der Waals surface area contributed by atoms with Crippen LogP contribution < -0.4 is 0 Å². The van der Waals surface area contributed by atoms with Crippen LogP contribution in [0.4, 0.5) is 0 Å². The SMILES string of the molecule is Cc1c(CCC(C)(C)O)nc2c3c1CC[C@]3(C)C1=CC(=O)[C@@H]3C[C@@H](O)[C@@H](O)C[C@]3(C)[C@@H]1C2. The number of allylic oxidation sites excluding steroid dienone is 2. The summed E-state index contributed by atoms with van der Waals surface area (Å²) in [5.74, 6) is 0.0169. The molecule has 32 heavy (non-hydrogen) atoms. The van der Waals surface area contributed by atoms with Crippen LogP contribution in [-0.4, -0.2) is 43.9 Å². The molecule has 174 valence electrons. The fourth-order valence-corrected chi connectivity index (χ4v) is 7.42. The molecule has 0 radical (unpaired) electrons. The van der Waals surface area contributed by atoms with Gasteiger partial charge in [-0.15, -0.1) is 0 Å². The first-order chi connectivity index (χ1) is 14.8. The van der Waals surface area contributed by atoms with Gasteiger partial charge in [-0.25, -0.2) is 0 Å². The number of carbonyl (C=O) groups is 1. The van der Waals surface area contributed by atoms with E-state index in [1.807, 2.05) is 19.9 Å². The molecule has 4 aliphatic rings. The van der Waals surface area contributed by atoms with Gasteiger partial charge in [0, 0.05) is 22.7 Å². The lowest BCUT2D eigenvalue weighted by Gasteiger charge is -2.56. The molecule has 1 heterocycles. The van der Waals surface area contributed by atoms with E-state index in [4.69, 9.17) is 4.98 Å². The third-order valence-electron chi connectivity index (χ3n) is 9.36. The van der Waals surface area contributed by atoms with Crippen molar-refractivity contribution in [3.63, 3.8) is 0 Å². The molecule has 1 aromatic rings. The Morgan fingerprint density at radius 2 is 1.91 bits per heavy atom. The number of pyridine rings is 1. The molecule has 0 aromatic carbocycles. The molecular formula is C27H37NO4. The molecule has 0 amide bonds. The van der Waals surface area contributed by atoms with Crippen molar-refractivity contribution in [2.75, 3.05) is 0 Å². The number of aryl methyl sites for hydroxylation is 1. The predicted molar refractivity (Wildman–Crippen MR) is 122 cm³/mol. The number of hydrogen-bond donors (Lipinski definition) is 3. The third kappa shape index (κ3) is 3.08. The Hall–Kier alpha value is -1.56. The van der Waals surface area contributed by atoms with E-state index >= 15 is 0 Å². The van der Waals surface area contributed by atoms with E-state index < -0.39 is 17.8 Å². The van der Waals surface area contributed by atoms with E-state index in [0.717, 1.165) is 37.1 Å². The first-order valence-electron chi connectivity index (χ1n) is 12.2. The van der Waals surface area contributed by atoms with Gasteiger partial charge in [0.25, 0.3) is 0 Å². The summed E-state index contributed by atoms with van der Waals surface area (Å²) in [5, 5.41) is 31.1. The zero-order valence-corrected chi connectivity index (χ0v) is 20.0. The largest absolute Gasteiger partial charge is 0.390 e. The number of hydrogen-bond acceptors (Lipinski definition) is 5. The van der Waals surface area contributed by atoms with Crippen LogP contribution in [0.25, 0.3) is 0 Å². The van der Waals surface area contributed by atoms with Gasteiger partial charge in [0.1, 0.15) is 0 Å². The quantitative estimate of drug-likeness (QED) is 0.673.